The van der Waals surface area contributed by atoms with Crippen molar-refractivity contribution in [2.75, 3.05) is 0 Å². The maximum atomic E-state index is 12.9. The molecule has 0 N–H and O–H groups in total. The number of rotatable bonds is 1. The van der Waals surface area contributed by atoms with Gasteiger partial charge >= 0.3 is 0 Å². The SMILES string of the molecule is Cc1cnn(C)c1-c1ncc(F)c(Cl)n1. The summed E-state index contributed by atoms with van der Waals surface area (Å²) in [6.45, 7) is 1.88. The van der Waals surface area contributed by atoms with E-state index in [0.29, 0.717) is 5.82 Å². The van der Waals surface area contributed by atoms with Crippen molar-refractivity contribution in [3.05, 3.63) is 28.9 Å². The Morgan fingerprint density at radius 1 is 1.40 bits per heavy atom. The fourth-order valence-electron chi connectivity index (χ4n) is 1.33. The van der Waals surface area contributed by atoms with E-state index in [0.717, 1.165) is 17.5 Å². The lowest BCUT2D eigenvalue weighted by molar-refractivity contribution is 0.614. The molecule has 4 nitrogen and oxygen atoms in total. The van der Waals surface area contributed by atoms with Crippen molar-refractivity contribution in [1.29, 1.82) is 0 Å². The van der Waals surface area contributed by atoms with Gasteiger partial charge in [0.15, 0.2) is 16.8 Å². The molecule has 2 rings (SSSR count). The topological polar surface area (TPSA) is 43.6 Å². The van der Waals surface area contributed by atoms with Gasteiger partial charge in [-0.2, -0.15) is 5.10 Å². The zero-order valence-corrected chi connectivity index (χ0v) is 8.96. The third-order valence-corrected chi connectivity index (χ3v) is 2.30. The summed E-state index contributed by atoms with van der Waals surface area (Å²) in [6, 6.07) is 0. The molecule has 2 heterocycles. The summed E-state index contributed by atoms with van der Waals surface area (Å²) in [5.41, 5.74) is 1.65. The second-order valence-electron chi connectivity index (χ2n) is 3.13. The highest BCUT2D eigenvalue weighted by molar-refractivity contribution is 6.29. The number of hydrogen-bond donors (Lipinski definition) is 0. The van der Waals surface area contributed by atoms with Crippen molar-refractivity contribution in [1.82, 2.24) is 19.7 Å². The first-order valence-corrected chi connectivity index (χ1v) is 4.64. The van der Waals surface area contributed by atoms with Gasteiger partial charge < -0.3 is 0 Å². The van der Waals surface area contributed by atoms with Gasteiger partial charge in [-0.1, -0.05) is 11.6 Å². The molecule has 0 saturated heterocycles. The highest BCUT2D eigenvalue weighted by Crippen LogP contribution is 2.20. The molecule has 0 saturated carbocycles. The van der Waals surface area contributed by atoms with E-state index in [4.69, 9.17) is 11.6 Å². The molecule has 0 amide bonds. The molecule has 0 unspecified atom stereocenters. The Morgan fingerprint density at radius 3 is 2.67 bits per heavy atom. The molecule has 0 aromatic carbocycles. The number of nitrogens with zero attached hydrogens (tertiary/aromatic N) is 4. The molecule has 0 radical (unpaired) electrons. The lowest BCUT2D eigenvalue weighted by Gasteiger charge is -2.02. The average Bonchev–Trinajstić information content (AvgIpc) is 2.52. The number of hydrogen-bond acceptors (Lipinski definition) is 3. The van der Waals surface area contributed by atoms with E-state index >= 15 is 0 Å². The predicted octanol–water partition coefficient (Wildman–Crippen LogP) is 1.98. The smallest absolute Gasteiger partial charge is 0.179 e. The molecule has 6 heteroatoms. The van der Waals surface area contributed by atoms with Gasteiger partial charge in [-0.3, -0.25) is 4.68 Å². The van der Waals surface area contributed by atoms with Crippen LogP contribution in [0.1, 0.15) is 5.56 Å². The van der Waals surface area contributed by atoms with Gasteiger partial charge in [0.2, 0.25) is 0 Å². The van der Waals surface area contributed by atoms with Crippen LogP contribution in [0.3, 0.4) is 0 Å². The summed E-state index contributed by atoms with van der Waals surface area (Å²) in [5, 5.41) is 3.86. The second kappa shape index (κ2) is 3.58. The minimum absolute atomic E-state index is 0.180. The van der Waals surface area contributed by atoms with Crippen LogP contribution >= 0.6 is 11.6 Å². The van der Waals surface area contributed by atoms with E-state index in [1.807, 2.05) is 6.92 Å². The van der Waals surface area contributed by atoms with Crippen molar-refractivity contribution in [2.45, 2.75) is 6.92 Å². The fourth-order valence-corrected chi connectivity index (χ4v) is 1.46. The largest absolute Gasteiger partial charge is 0.264 e. The molecule has 15 heavy (non-hydrogen) atoms. The van der Waals surface area contributed by atoms with E-state index in [1.54, 1.807) is 17.9 Å². The van der Waals surface area contributed by atoms with Gasteiger partial charge in [0.05, 0.1) is 12.4 Å². The van der Waals surface area contributed by atoms with E-state index < -0.39 is 5.82 Å². The molecule has 78 valence electrons. The number of aromatic nitrogens is 4. The molecule has 0 aliphatic heterocycles. The van der Waals surface area contributed by atoms with Gasteiger partial charge in [-0.25, -0.2) is 14.4 Å². The summed E-state index contributed by atoms with van der Waals surface area (Å²) in [7, 11) is 1.77. The third-order valence-electron chi connectivity index (χ3n) is 2.03. The van der Waals surface area contributed by atoms with Crippen LogP contribution in [0.25, 0.3) is 11.5 Å². The molecule has 2 aromatic heterocycles. The monoisotopic (exact) mass is 226 g/mol. The summed E-state index contributed by atoms with van der Waals surface area (Å²) < 4.78 is 14.5. The van der Waals surface area contributed by atoms with E-state index in [2.05, 4.69) is 15.1 Å². The van der Waals surface area contributed by atoms with Crippen LogP contribution in [0.15, 0.2) is 12.4 Å². The Balaban J connectivity index is 2.59. The highest BCUT2D eigenvalue weighted by Gasteiger charge is 2.12. The Morgan fingerprint density at radius 2 is 2.13 bits per heavy atom. The van der Waals surface area contributed by atoms with Crippen LogP contribution < -0.4 is 0 Å². The summed E-state index contributed by atoms with van der Waals surface area (Å²) in [6.07, 6.45) is 2.74. The Kier molecular flexibility index (Phi) is 2.40. The number of aryl methyl sites for hydroxylation is 2. The average molecular weight is 227 g/mol. The normalized spacial score (nSPS) is 10.7. The highest BCUT2D eigenvalue weighted by atomic mass is 35.5. The summed E-state index contributed by atoms with van der Waals surface area (Å²) in [5.74, 6) is -0.251. The van der Waals surface area contributed by atoms with Crippen LogP contribution in [-0.2, 0) is 7.05 Å². The maximum Gasteiger partial charge on any atom is 0.179 e. The van der Waals surface area contributed by atoms with Crippen LogP contribution in [0, 0.1) is 12.7 Å². The zero-order chi connectivity index (χ0) is 11.0. The summed E-state index contributed by atoms with van der Waals surface area (Å²) in [4.78, 5) is 7.73. The van der Waals surface area contributed by atoms with E-state index in [9.17, 15) is 4.39 Å². The van der Waals surface area contributed by atoms with Crippen LogP contribution in [-0.4, -0.2) is 19.7 Å². The third kappa shape index (κ3) is 1.70. The van der Waals surface area contributed by atoms with Crippen molar-refractivity contribution < 1.29 is 4.39 Å². The quantitative estimate of drug-likeness (QED) is 0.699. The fraction of sp³-hybridized carbons (Fsp3) is 0.222. The Labute approximate surface area is 90.7 Å². The van der Waals surface area contributed by atoms with Gasteiger partial charge in [-0.05, 0) is 12.5 Å². The van der Waals surface area contributed by atoms with Crippen molar-refractivity contribution in [2.24, 2.45) is 7.05 Å². The minimum Gasteiger partial charge on any atom is -0.264 e. The first-order valence-electron chi connectivity index (χ1n) is 4.26. The van der Waals surface area contributed by atoms with Gasteiger partial charge in [0.25, 0.3) is 0 Å². The summed E-state index contributed by atoms with van der Waals surface area (Å²) >= 11 is 5.58. The maximum absolute atomic E-state index is 12.9. The Hall–Kier alpha value is -1.49. The lowest BCUT2D eigenvalue weighted by Crippen LogP contribution is -1.99. The van der Waals surface area contributed by atoms with Crippen molar-refractivity contribution in [3.8, 4) is 11.5 Å². The molecular formula is C9H8ClFN4. The van der Waals surface area contributed by atoms with Crippen molar-refractivity contribution in [3.63, 3.8) is 0 Å². The molecule has 0 spiro atoms. The molecule has 0 aliphatic rings. The first-order chi connectivity index (χ1) is 7.09. The minimum atomic E-state index is -0.625. The molecule has 0 aliphatic carbocycles. The van der Waals surface area contributed by atoms with Crippen molar-refractivity contribution >= 4 is 11.6 Å². The second-order valence-corrected chi connectivity index (χ2v) is 3.49. The zero-order valence-electron chi connectivity index (χ0n) is 8.20. The standard InChI is InChI=1S/C9H8ClFN4/c1-5-3-13-15(2)7(5)9-12-4-6(11)8(10)14-9/h3-4H,1-2H3. The van der Waals surface area contributed by atoms with Gasteiger partial charge in [0, 0.05) is 7.05 Å². The molecular weight excluding hydrogens is 219 g/mol. The van der Waals surface area contributed by atoms with Gasteiger partial charge in [0.1, 0.15) is 5.69 Å². The van der Waals surface area contributed by atoms with E-state index in [-0.39, 0.29) is 5.15 Å². The Bertz CT molecular complexity index is 489. The molecule has 0 fully saturated rings. The van der Waals surface area contributed by atoms with Crippen LogP contribution in [0.4, 0.5) is 4.39 Å². The van der Waals surface area contributed by atoms with E-state index in [1.165, 1.54) is 0 Å². The number of halogens is 2. The predicted molar refractivity (Wildman–Crippen MR) is 53.9 cm³/mol. The lowest BCUT2D eigenvalue weighted by atomic mass is 10.2. The van der Waals surface area contributed by atoms with Gasteiger partial charge in [-0.15, -0.1) is 0 Å². The molecule has 0 bridgehead atoms. The molecule has 2 aromatic rings. The van der Waals surface area contributed by atoms with Crippen LogP contribution in [0.2, 0.25) is 5.15 Å². The molecule has 0 atom stereocenters. The first kappa shape index (κ1) is 10.0. The van der Waals surface area contributed by atoms with Crippen LogP contribution in [0.5, 0.6) is 0 Å².